The molecule has 0 bridgehead atoms. The van der Waals surface area contributed by atoms with E-state index >= 15 is 0 Å². The van der Waals surface area contributed by atoms with Gasteiger partial charge in [-0.15, -0.1) is 9.59 Å². The maximum Gasteiger partial charge on any atom is 0.333 e. The molecule has 6 aromatic heterocycles. The van der Waals surface area contributed by atoms with Crippen LogP contribution in [0.4, 0.5) is 8.78 Å². The summed E-state index contributed by atoms with van der Waals surface area (Å²) in [4.78, 5) is 86.0. The number of carbonyl (C=O) groups excluding carboxylic acids is 1. The first-order chi connectivity index (χ1) is 44.1. The van der Waals surface area contributed by atoms with E-state index in [1.807, 2.05) is 27.7 Å². The number of aliphatic carboxylic acids is 1. The average molecular weight is 1340 g/mol. The lowest BCUT2D eigenvalue weighted by molar-refractivity contribution is -0.146. The second-order valence-electron chi connectivity index (χ2n) is 25.0. The number of carboxylic acid groups (broad SMARTS) is 1. The number of ketones is 1. The van der Waals surface area contributed by atoms with E-state index in [9.17, 15) is 53.2 Å². The highest BCUT2D eigenvalue weighted by Gasteiger charge is 2.39. The van der Waals surface area contributed by atoms with Crippen LogP contribution in [0.2, 0.25) is 0 Å². The number of aryl methyl sites for hydroxylation is 2. The molecule has 2 fully saturated rings. The molecule has 2 atom stereocenters. The number of halogens is 2. The van der Waals surface area contributed by atoms with Gasteiger partial charge >= 0.3 is 17.3 Å². The second kappa shape index (κ2) is 30.7. The fourth-order valence-electron chi connectivity index (χ4n) is 11.6. The van der Waals surface area contributed by atoms with Crippen molar-refractivity contribution in [3.05, 3.63) is 137 Å². The van der Waals surface area contributed by atoms with Gasteiger partial charge in [0, 0.05) is 40.5 Å². The van der Waals surface area contributed by atoms with Gasteiger partial charge in [-0.25, -0.2) is 32.3 Å². The third-order valence-electron chi connectivity index (χ3n) is 16.7. The smallest absolute Gasteiger partial charge is 0.333 e. The predicted octanol–water partition coefficient (Wildman–Crippen LogP) is 10.4. The van der Waals surface area contributed by atoms with Crippen molar-refractivity contribution in [3.63, 3.8) is 0 Å². The monoisotopic (exact) mass is 1340 g/mol. The highest BCUT2D eigenvalue weighted by Crippen LogP contribution is 2.40. The Labute approximate surface area is 550 Å². The predicted molar refractivity (Wildman–Crippen MR) is 353 cm³/mol. The molecule has 0 saturated heterocycles. The number of methoxy groups -OCH3 is 2. The van der Waals surface area contributed by atoms with E-state index in [1.54, 1.807) is 27.7 Å². The number of carbonyl (C=O) groups is 2. The molecule has 0 amide bonds. The molecule has 28 heteroatoms. The first-order valence-corrected chi connectivity index (χ1v) is 32.3. The van der Waals surface area contributed by atoms with Gasteiger partial charge in [-0.1, -0.05) is 57.8 Å². The van der Waals surface area contributed by atoms with Gasteiger partial charge in [-0.2, -0.15) is 30.9 Å². The topological polar surface area (TPSA) is 314 Å². The second-order valence-corrected chi connectivity index (χ2v) is 27.0. The maximum absolute atomic E-state index is 14.8. The summed E-state index contributed by atoms with van der Waals surface area (Å²) >= 11 is 2.29. The van der Waals surface area contributed by atoms with Gasteiger partial charge in [-0.05, 0) is 141 Å². The fourth-order valence-corrected chi connectivity index (χ4v) is 14.1. The van der Waals surface area contributed by atoms with Crippen LogP contribution >= 0.6 is 22.7 Å². The molecule has 2 aromatic carbocycles. The molecule has 504 valence electrons. The Bertz CT molecular complexity index is 4320. The molecule has 10 rings (SSSR count). The number of benzene rings is 2. The summed E-state index contributed by atoms with van der Waals surface area (Å²) < 4.78 is 58.2. The van der Waals surface area contributed by atoms with Crippen LogP contribution in [-0.2, 0) is 43.2 Å². The number of carboxylic acids is 1. The number of ether oxygens (including phenoxy) is 4. The molecule has 0 aliphatic heterocycles. The van der Waals surface area contributed by atoms with Crippen molar-refractivity contribution in [1.82, 2.24) is 48.3 Å². The molecular weight excluding hydrogens is 1250 g/mol. The molecule has 0 unspecified atom stereocenters. The molecule has 24 nitrogen and oxygen atoms in total. The van der Waals surface area contributed by atoms with Gasteiger partial charge in [-0.3, -0.25) is 23.5 Å². The van der Waals surface area contributed by atoms with Crippen molar-refractivity contribution in [2.75, 3.05) is 14.2 Å². The Morgan fingerprint density at radius 2 is 1.00 bits per heavy atom. The van der Waals surface area contributed by atoms with Crippen LogP contribution < -0.4 is 37.7 Å². The summed E-state index contributed by atoms with van der Waals surface area (Å²) in [5.41, 5.74) is 0.656. The van der Waals surface area contributed by atoms with E-state index in [0.29, 0.717) is 106 Å². The van der Waals surface area contributed by atoms with Crippen LogP contribution in [0.3, 0.4) is 0 Å². The number of hydrogen-bond donors (Lipinski definition) is 2. The Morgan fingerprint density at radius 1 is 0.649 bits per heavy atom. The Kier molecular flexibility index (Phi) is 23.8. The Morgan fingerprint density at radius 3 is 1.32 bits per heavy atom. The zero-order valence-electron chi connectivity index (χ0n) is 54.2. The fraction of sp³-hybridized carbons (Fsp3) is 0.515. The number of thiophene rings is 2. The van der Waals surface area contributed by atoms with Crippen LogP contribution in [0, 0.1) is 65.9 Å². The molecule has 3 N–H and O–H groups in total. The number of aromatic nitrogens is 10. The van der Waals surface area contributed by atoms with E-state index in [0.717, 1.165) is 20.5 Å². The summed E-state index contributed by atoms with van der Waals surface area (Å²) in [5.74, 6) is -2.04. The molecule has 2 saturated carbocycles. The third-order valence-corrected chi connectivity index (χ3v) is 19.3. The summed E-state index contributed by atoms with van der Waals surface area (Å²) in [5, 5.41) is 47.0. The SMILES string of the molecule is C.CC(C)N.COc1ccc(F)cc1[C@H](Cn1c(=O)n(C(C)(C)C(=O)CC(C)C)c(=O)c2c(C)c(-n3nccn3)sc21)OC1CCC(C#N)CC1.COc1ccc(F)cc1[C@H](Cn1c(=O)n(C(C)(C)C(=O)O)c(=O)c2c(C)c(-n3nccn3)sc21)OC1CCC(C#N)CC1. The minimum Gasteiger partial charge on any atom is -0.496 e. The van der Waals surface area contributed by atoms with Gasteiger partial charge in [0.25, 0.3) is 11.1 Å². The summed E-state index contributed by atoms with van der Waals surface area (Å²) in [6, 6.07) is 13.1. The van der Waals surface area contributed by atoms with Crippen molar-refractivity contribution < 1.29 is 42.4 Å². The van der Waals surface area contributed by atoms with Crippen molar-refractivity contribution in [2.24, 2.45) is 23.5 Å². The zero-order valence-corrected chi connectivity index (χ0v) is 55.8. The molecular formula is C66H83F2N13O11S2. The zero-order chi connectivity index (χ0) is 68.0. The number of nitrogens with two attached hydrogens (primary N) is 1. The molecule has 6 heterocycles. The number of hydrogen-bond acceptors (Lipinski definition) is 19. The first kappa shape index (κ1) is 72.9. The van der Waals surface area contributed by atoms with Gasteiger partial charge in [0.15, 0.2) is 5.78 Å². The highest BCUT2D eigenvalue weighted by molar-refractivity contribution is 7.21. The van der Waals surface area contributed by atoms with E-state index < -0.39 is 63.4 Å². The normalized spacial score (nSPS) is 17.3. The minimum absolute atomic E-state index is 0. The van der Waals surface area contributed by atoms with Crippen molar-refractivity contribution in [1.29, 1.82) is 10.5 Å². The third kappa shape index (κ3) is 15.5. The largest absolute Gasteiger partial charge is 0.496 e. The molecule has 0 spiro atoms. The lowest BCUT2D eigenvalue weighted by Crippen LogP contribution is -2.53. The average Bonchev–Trinajstić information content (AvgIpc) is 1.50. The highest BCUT2D eigenvalue weighted by atomic mass is 32.1. The van der Waals surface area contributed by atoms with Crippen LogP contribution in [0.5, 0.6) is 11.5 Å². The van der Waals surface area contributed by atoms with Crippen LogP contribution in [0.1, 0.15) is 155 Å². The molecule has 2 aliphatic rings. The van der Waals surface area contributed by atoms with Gasteiger partial charge in [0.1, 0.15) is 66.1 Å². The minimum atomic E-state index is -1.90. The number of fused-ring (bicyclic) bond motifs is 2. The van der Waals surface area contributed by atoms with Gasteiger partial charge in [0.05, 0.1) is 87.2 Å². The first-order valence-electron chi connectivity index (χ1n) is 30.7. The van der Waals surface area contributed by atoms with E-state index in [2.05, 4.69) is 32.5 Å². The van der Waals surface area contributed by atoms with Crippen molar-refractivity contribution in [3.8, 4) is 33.6 Å². The van der Waals surface area contributed by atoms with Gasteiger partial charge < -0.3 is 29.8 Å². The van der Waals surface area contributed by atoms with E-state index in [1.165, 1.54) is 119 Å². The van der Waals surface area contributed by atoms with E-state index in [4.69, 9.17) is 24.7 Å². The molecule has 0 radical (unpaired) electrons. The van der Waals surface area contributed by atoms with Crippen LogP contribution in [-0.4, -0.2) is 97.6 Å². The molecule has 8 aromatic rings. The van der Waals surface area contributed by atoms with Gasteiger partial charge in [0.2, 0.25) is 0 Å². The van der Waals surface area contributed by atoms with Crippen LogP contribution in [0.15, 0.2) is 80.4 Å². The maximum atomic E-state index is 14.8. The standard InChI is InChI=1S/C33H39FN6O5S.C29H31FN6O6S.C3H9N.CH4/c1-19(2)15-27(41)33(4,5)39-29(42)28-20(3)30(40-36-13-14-37-40)46-31(28)38(32(39)43)18-26(24-16-22(34)9-12-25(24)44-6)45-23-10-7-21(17-35)8-11-23;1-16-23-24(37)35(29(2,3)27(38)39)28(40)34(26(23)43-25(16)36-32-11-12-33-36)15-22(20-13-18(30)7-10-21(20)41-4)42-19-8-5-17(14-31)6-9-19;1-3(2)4;/h9,12-14,16,19,21,23,26H,7-8,10-11,15,18H2,1-6H3;7,10-13,17,19,22H,5-6,8-9,15H2,1-4H3,(H,38,39);3H,4H2,1-2H3;1H4/t21?,23?,26-;17?,19?,22-;;/m00../s1. The number of Topliss-reactive ketones (excluding diaryl/α,β-unsaturated/α-hetero) is 1. The summed E-state index contributed by atoms with van der Waals surface area (Å²) in [6.07, 6.45) is 8.88. The Balaban J connectivity index is 0.000000250. The number of nitriles is 2. The quantitative estimate of drug-likeness (QED) is 0.0716. The Hall–Kier alpha value is -8.54. The molecule has 2 aliphatic carbocycles. The summed E-state index contributed by atoms with van der Waals surface area (Å²) in [7, 11) is 2.92. The number of rotatable bonds is 20. The van der Waals surface area contributed by atoms with E-state index in [-0.39, 0.29) is 78.3 Å². The lowest BCUT2D eigenvalue weighted by atomic mass is 9.88. The van der Waals surface area contributed by atoms with Crippen LogP contribution in [0.25, 0.3) is 30.4 Å². The lowest BCUT2D eigenvalue weighted by Gasteiger charge is -2.31. The van der Waals surface area contributed by atoms with Crippen molar-refractivity contribution in [2.45, 2.75) is 189 Å². The molecule has 94 heavy (non-hydrogen) atoms. The number of nitrogens with zero attached hydrogens (tertiary/aromatic N) is 12. The van der Waals surface area contributed by atoms with Crippen molar-refractivity contribution >= 4 is 54.9 Å². The summed E-state index contributed by atoms with van der Waals surface area (Å²) in [6.45, 7) is 16.6.